The van der Waals surface area contributed by atoms with Crippen LogP contribution in [0.25, 0.3) is 0 Å². The minimum absolute atomic E-state index is 0.0190. The first kappa shape index (κ1) is 13.5. The Morgan fingerprint density at radius 1 is 1.53 bits per heavy atom. The van der Waals surface area contributed by atoms with Crippen LogP contribution in [-0.4, -0.2) is 17.3 Å². The van der Waals surface area contributed by atoms with Gasteiger partial charge in [0.15, 0.2) is 5.78 Å². The number of nitrogens with zero attached hydrogens (tertiary/aromatic N) is 1. The van der Waals surface area contributed by atoms with Gasteiger partial charge in [-0.15, -0.1) is 0 Å². The Hall–Kier alpha value is -1.57. The highest BCUT2D eigenvalue weighted by atomic mass is 79.9. The van der Waals surface area contributed by atoms with Crippen molar-refractivity contribution in [2.45, 2.75) is 13.5 Å². The molecule has 0 saturated carbocycles. The van der Waals surface area contributed by atoms with Gasteiger partial charge in [-0.1, -0.05) is 0 Å². The van der Waals surface area contributed by atoms with E-state index in [-0.39, 0.29) is 10.0 Å². The second kappa shape index (κ2) is 5.17. The van der Waals surface area contributed by atoms with Crippen LogP contribution in [-0.2, 0) is 0 Å². The van der Waals surface area contributed by atoms with Crippen molar-refractivity contribution in [3.05, 3.63) is 32.3 Å². The van der Waals surface area contributed by atoms with Gasteiger partial charge in [-0.2, -0.15) is 8.78 Å². The predicted octanol–water partition coefficient (Wildman–Crippen LogP) is 3.16. The van der Waals surface area contributed by atoms with Gasteiger partial charge in [0.05, 0.1) is 15.0 Å². The number of hydrogen-bond acceptors (Lipinski definition) is 4. The van der Waals surface area contributed by atoms with Crippen molar-refractivity contribution in [3.8, 4) is 5.75 Å². The minimum Gasteiger partial charge on any atom is -0.426 e. The maximum Gasteiger partial charge on any atom is 0.387 e. The second-order valence-corrected chi connectivity index (χ2v) is 3.82. The smallest absolute Gasteiger partial charge is 0.387 e. The van der Waals surface area contributed by atoms with Gasteiger partial charge in [-0.3, -0.25) is 14.9 Å². The van der Waals surface area contributed by atoms with Gasteiger partial charge in [-0.25, -0.2) is 0 Å². The maximum absolute atomic E-state index is 12.1. The number of rotatable bonds is 4. The molecule has 0 atom stereocenters. The molecular weight excluding hydrogens is 304 g/mol. The van der Waals surface area contributed by atoms with Crippen molar-refractivity contribution >= 4 is 27.4 Å². The summed E-state index contributed by atoms with van der Waals surface area (Å²) >= 11 is 2.85. The molecule has 0 unspecified atom stereocenters. The van der Waals surface area contributed by atoms with E-state index in [1.807, 2.05) is 0 Å². The Kier molecular flexibility index (Phi) is 4.11. The molecule has 0 spiro atoms. The summed E-state index contributed by atoms with van der Waals surface area (Å²) in [5, 5.41) is 10.8. The zero-order valence-electron chi connectivity index (χ0n) is 8.45. The van der Waals surface area contributed by atoms with Gasteiger partial charge in [0.2, 0.25) is 5.75 Å². The molecule has 0 aliphatic heterocycles. The molecule has 0 aliphatic rings. The normalized spacial score (nSPS) is 10.4. The number of carbonyl (C=O) groups is 1. The number of ketones is 1. The van der Waals surface area contributed by atoms with E-state index in [2.05, 4.69) is 20.7 Å². The Bertz CT molecular complexity index is 478. The lowest BCUT2D eigenvalue weighted by molar-refractivity contribution is -0.386. The molecule has 0 bridgehead atoms. The largest absolute Gasteiger partial charge is 0.426 e. The molecule has 0 aliphatic carbocycles. The number of Topliss-reactive ketones (excluding diaryl/α,β-unsaturated/α-hetero) is 1. The molecule has 1 aromatic carbocycles. The van der Waals surface area contributed by atoms with Crippen molar-refractivity contribution < 1.29 is 23.2 Å². The number of benzene rings is 1. The van der Waals surface area contributed by atoms with Crippen molar-refractivity contribution in [3.63, 3.8) is 0 Å². The summed E-state index contributed by atoms with van der Waals surface area (Å²) in [5.41, 5.74) is -1.05. The molecule has 0 amide bonds. The molecule has 92 valence electrons. The van der Waals surface area contributed by atoms with Crippen LogP contribution in [0, 0.1) is 10.1 Å². The quantitative estimate of drug-likeness (QED) is 0.486. The Balaban J connectivity index is 3.48. The standard InChI is InChI=1S/C9H6BrF2NO4/c1-4(14)5-2-3-6(10)8(17-9(11)12)7(5)13(15)16/h2-3,9H,1H3. The molecule has 0 N–H and O–H groups in total. The van der Waals surface area contributed by atoms with Crippen LogP contribution in [0.5, 0.6) is 5.75 Å². The van der Waals surface area contributed by atoms with Gasteiger partial charge in [-0.05, 0) is 35.0 Å². The summed E-state index contributed by atoms with van der Waals surface area (Å²) in [7, 11) is 0. The topological polar surface area (TPSA) is 69.4 Å². The molecule has 0 aromatic heterocycles. The summed E-state index contributed by atoms with van der Waals surface area (Å²) in [6, 6.07) is 2.41. The molecule has 5 nitrogen and oxygen atoms in total. The number of carbonyl (C=O) groups excluding carboxylic acids is 1. The lowest BCUT2D eigenvalue weighted by atomic mass is 10.1. The summed E-state index contributed by atoms with van der Waals surface area (Å²) < 4.78 is 28.3. The van der Waals surface area contributed by atoms with E-state index in [1.54, 1.807) is 0 Å². The van der Waals surface area contributed by atoms with Crippen LogP contribution in [0.2, 0.25) is 0 Å². The van der Waals surface area contributed by atoms with E-state index >= 15 is 0 Å². The van der Waals surface area contributed by atoms with E-state index in [4.69, 9.17) is 0 Å². The van der Waals surface area contributed by atoms with Gasteiger partial charge in [0, 0.05) is 0 Å². The van der Waals surface area contributed by atoms with E-state index in [0.29, 0.717) is 0 Å². The predicted molar refractivity (Wildman–Crippen MR) is 57.4 cm³/mol. The van der Waals surface area contributed by atoms with Gasteiger partial charge in [0.1, 0.15) is 0 Å². The van der Waals surface area contributed by atoms with Crippen LogP contribution < -0.4 is 4.74 Å². The molecule has 0 radical (unpaired) electrons. The molecule has 1 rings (SSSR count). The van der Waals surface area contributed by atoms with Gasteiger partial charge < -0.3 is 4.74 Å². The fraction of sp³-hybridized carbons (Fsp3) is 0.222. The summed E-state index contributed by atoms with van der Waals surface area (Å²) in [5.74, 6) is -1.26. The summed E-state index contributed by atoms with van der Waals surface area (Å²) in [4.78, 5) is 21.0. The van der Waals surface area contributed by atoms with E-state index < -0.39 is 28.8 Å². The van der Waals surface area contributed by atoms with Crippen molar-refractivity contribution in [2.24, 2.45) is 0 Å². The van der Waals surface area contributed by atoms with Crippen LogP contribution in [0.15, 0.2) is 16.6 Å². The summed E-state index contributed by atoms with van der Waals surface area (Å²) in [6.07, 6.45) is 0. The van der Waals surface area contributed by atoms with Crippen molar-refractivity contribution in [1.82, 2.24) is 0 Å². The zero-order chi connectivity index (χ0) is 13.2. The molecule has 0 heterocycles. The van der Waals surface area contributed by atoms with Crippen LogP contribution >= 0.6 is 15.9 Å². The van der Waals surface area contributed by atoms with Crippen LogP contribution in [0.4, 0.5) is 14.5 Å². The molecule has 8 heteroatoms. The highest BCUT2D eigenvalue weighted by Gasteiger charge is 2.28. The minimum atomic E-state index is -3.22. The number of hydrogen-bond donors (Lipinski definition) is 0. The first-order chi connectivity index (χ1) is 7.84. The molecule has 1 aromatic rings. The van der Waals surface area contributed by atoms with E-state index in [1.165, 1.54) is 12.1 Å². The molecule has 0 saturated heterocycles. The maximum atomic E-state index is 12.1. The lowest BCUT2D eigenvalue weighted by Gasteiger charge is -2.09. The number of ether oxygens (including phenoxy) is 1. The monoisotopic (exact) mass is 309 g/mol. The van der Waals surface area contributed by atoms with Crippen molar-refractivity contribution in [1.29, 1.82) is 0 Å². The molecule has 17 heavy (non-hydrogen) atoms. The summed E-state index contributed by atoms with van der Waals surface area (Å²) in [6.45, 7) is -2.12. The number of nitro benzene ring substituents is 1. The van der Waals surface area contributed by atoms with Gasteiger partial charge >= 0.3 is 12.3 Å². The second-order valence-electron chi connectivity index (χ2n) is 2.96. The van der Waals surface area contributed by atoms with E-state index in [9.17, 15) is 23.7 Å². The van der Waals surface area contributed by atoms with Gasteiger partial charge in [0.25, 0.3) is 0 Å². The Labute approximate surface area is 103 Å². The number of halogens is 3. The third-order valence-electron chi connectivity index (χ3n) is 1.85. The highest BCUT2D eigenvalue weighted by molar-refractivity contribution is 9.10. The zero-order valence-corrected chi connectivity index (χ0v) is 10.0. The first-order valence-electron chi connectivity index (χ1n) is 4.27. The van der Waals surface area contributed by atoms with Crippen LogP contribution in [0.1, 0.15) is 17.3 Å². The average Bonchev–Trinajstić information content (AvgIpc) is 2.19. The fourth-order valence-electron chi connectivity index (χ4n) is 1.21. The SMILES string of the molecule is CC(=O)c1ccc(Br)c(OC(F)F)c1[N+](=O)[O-]. The Morgan fingerprint density at radius 3 is 2.53 bits per heavy atom. The number of nitro groups is 1. The van der Waals surface area contributed by atoms with Crippen LogP contribution in [0.3, 0.4) is 0 Å². The number of alkyl halides is 2. The Morgan fingerprint density at radius 2 is 2.12 bits per heavy atom. The fourth-order valence-corrected chi connectivity index (χ4v) is 1.63. The third-order valence-corrected chi connectivity index (χ3v) is 2.48. The average molecular weight is 310 g/mol. The van der Waals surface area contributed by atoms with E-state index in [0.717, 1.165) is 6.92 Å². The van der Waals surface area contributed by atoms with Crippen molar-refractivity contribution in [2.75, 3.05) is 0 Å². The lowest BCUT2D eigenvalue weighted by Crippen LogP contribution is -2.08. The molecular formula is C9H6BrF2NO4. The third kappa shape index (κ3) is 2.96. The molecule has 0 fully saturated rings. The highest BCUT2D eigenvalue weighted by Crippen LogP contribution is 2.38. The first-order valence-corrected chi connectivity index (χ1v) is 5.06.